The van der Waals surface area contributed by atoms with Crippen LogP contribution < -0.4 is 16.0 Å². The molecule has 7 aliphatic rings. The smallest absolute Gasteiger partial charge is 0.248 e. The van der Waals surface area contributed by atoms with Crippen molar-refractivity contribution in [3.05, 3.63) is 23.8 Å². The number of amides is 5. The van der Waals surface area contributed by atoms with Gasteiger partial charge in [0.2, 0.25) is 29.5 Å². The SMILES string of the molecule is CC(C)(C)[C@H]1C[C@@H](NC(=O)[C@@H]2C[C@@H](O)CN2C(=O)[C@@H](n2cc(C3CC3CC(=O)N3CC4CCCC(NCC(=O)[C@@H]5C[C@@H](O)CN5C(=O)[C@@H](n5cc(C6CC6)nn5)C(C)(C)C)C4C3)nn2)C(C)(C)C)C(=O)N1. The van der Waals surface area contributed by atoms with Gasteiger partial charge in [0, 0.05) is 81.8 Å². The van der Waals surface area contributed by atoms with Gasteiger partial charge >= 0.3 is 0 Å². The Hall–Kier alpha value is -4.82. The molecule has 0 radical (unpaired) electrons. The molecule has 5 amide bonds. The van der Waals surface area contributed by atoms with Crippen LogP contribution in [-0.4, -0.2) is 165 Å². The number of Topliss-reactive ketones (excluding diaryl/α,β-unsaturated/α-hetero) is 1. The maximum absolute atomic E-state index is 14.5. The number of aliphatic hydroxyl groups excluding tert-OH is 2. The molecule has 390 valence electrons. The number of ketones is 1. The van der Waals surface area contributed by atoms with Crippen LogP contribution in [0.5, 0.6) is 0 Å². The van der Waals surface area contributed by atoms with Gasteiger partial charge in [0.15, 0.2) is 5.78 Å². The number of aliphatic hydroxyl groups is 2. The summed E-state index contributed by atoms with van der Waals surface area (Å²) in [5, 5.41) is 48.6. The van der Waals surface area contributed by atoms with E-state index in [-0.39, 0.29) is 97.1 Å². The summed E-state index contributed by atoms with van der Waals surface area (Å²) in [6.07, 6.45) is 8.77. The van der Waals surface area contributed by atoms with Crippen molar-refractivity contribution in [2.75, 3.05) is 32.7 Å². The summed E-state index contributed by atoms with van der Waals surface area (Å²) in [5.74, 6) is -0.400. The van der Waals surface area contributed by atoms with E-state index in [4.69, 9.17) is 0 Å². The highest BCUT2D eigenvalue weighted by Gasteiger charge is 2.51. The first-order chi connectivity index (χ1) is 33.3. The molecule has 0 bridgehead atoms. The maximum Gasteiger partial charge on any atom is 0.248 e. The fourth-order valence-corrected chi connectivity index (χ4v) is 12.4. The van der Waals surface area contributed by atoms with Crippen molar-refractivity contribution < 1.29 is 39.0 Å². The minimum Gasteiger partial charge on any atom is -0.391 e. The summed E-state index contributed by atoms with van der Waals surface area (Å²) in [7, 11) is 0. The van der Waals surface area contributed by atoms with Crippen molar-refractivity contribution in [3.8, 4) is 0 Å². The van der Waals surface area contributed by atoms with Crippen LogP contribution in [0.15, 0.2) is 12.4 Å². The van der Waals surface area contributed by atoms with Crippen LogP contribution in [0.2, 0.25) is 0 Å². The Morgan fingerprint density at radius 3 is 1.93 bits per heavy atom. The summed E-state index contributed by atoms with van der Waals surface area (Å²) in [6, 6.07) is -4.04. The fourth-order valence-electron chi connectivity index (χ4n) is 12.4. The molecule has 3 aliphatic carbocycles. The van der Waals surface area contributed by atoms with Crippen molar-refractivity contribution >= 4 is 35.3 Å². The van der Waals surface area contributed by atoms with E-state index >= 15 is 0 Å². The minimum atomic E-state index is -0.956. The lowest BCUT2D eigenvalue weighted by molar-refractivity contribution is -0.144. The van der Waals surface area contributed by atoms with Crippen LogP contribution in [0.3, 0.4) is 0 Å². The van der Waals surface area contributed by atoms with Gasteiger partial charge in [-0.3, -0.25) is 28.8 Å². The predicted molar refractivity (Wildman–Crippen MR) is 259 cm³/mol. The molecule has 4 aliphatic heterocycles. The number of nitrogens with one attached hydrogen (secondary N) is 3. The minimum absolute atomic E-state index is 0.00555. The monoisotopic (exact) mass is 987 g/mol. The molecule has 2 aromatic rings. The van der Waals surface area contributed by atoms with Crippen molar-refractivity contribution in [1.82, 2.24) is 60.6 Å². The van der Waals surface area contributed by atoms with Gasteiger partial charge in [0.25, 0.3) is 0 Å². The molecule has 20 nitrogen and oxygen atoms in total. The number of fused-ring (bicyclic) bond motifs is 1. The van der Waals surface area contributed by atoms with E-state index in [9.17, 15) is 39.0 Å². The lowest BCUT2D eigenvalue weighted by atomic mass is 9.78. The van der Waals surface area contributed by atoms with Gasteiger partial charge in [0.05, 0.1) is 36.2 Å². The van der Waals surface area contributed by atoms with Crippen LogP contribution in [0, 0.1) is 34.0 Å². The van der Waals surface area contributed by atoms with Crippen molar-refractivity contribution in [3.63, 3.8) is 0 Å². The predicted octanol–water partition coefficient (Wildman–Crippen LogP) is 2.24. The van der Waals surface area contributed by atoms with Crippen molar-refractivity contribution in [2.45, 2.75) is 193 Å². The van der Waals surface area contributed by atoms with Gasteiger partial charge in [-0.25, -0.2) is 9.36 Å². The summed E-state index contributed by atoms with van der Waals surface area (Å²) >= 11 is 0. The van der Waals surface area contributed by atoms with Gasteiger partial charge in [-0.05, 0) is 72.5 Å². The standard InChI is InChI=1S/C51H78N12O8/c1-49(2,3)41-19-35(45(68)54-41)53-46(69)39-18-31(65)23-61(39)48(71)44(51(7,8)9)63-26-37(56-58-63)32-15-29(32)16-42(67)59-21-28-11-10-12-34(33(28)24-59)52-20-40(66)38-17-30(64)22-60(38)47(70)43(50(4,5)6)62-25-36(55-57-62)27-13-14-27/h25-35,38-39,41,43-44,52,64-65H,10-24H2,1-9H3,(H,53,69)(H,54,68)/t28?,29?,30-,31-,32?,33?,34?,35-,38+,39+,41-,43-,44-/m1/s1. The molecular formula is C51H78N12O8. The molecule has 13 atom stereocenters. The van der Waals surface area contributed by atoms with Gasteiger partial charge in [-0.15, -0.1) is 10.2 Å². The highest BCUT2D eigenvalue weighted by molar-refractivity contribution is 5.94. The molecule has 5 N–H and O–H groups in total. The third-order valence-electron chi connectivity index (χ3n) is 16.7. The zero-order valence-electron chi connectivity index (χ0n) is 43.2. The van der Waals surface area contributed by atoms with Crippen molar-refractivity contribution in [1.29, 1.82) is 0 Å². The lowest BCUT2D eigenvalue weighted by Crippen LogP contribution is -2.53. The Morgan fingerprint density at radius 2 is 1.34 bits per heavy atom. The quantitative estimate of drug-likeness (QED) is 0.183. The van der Waals surface area contributed by atoms with Gasteiger partial charge in [-0.2, -0.15) is 0 Å². The average molecular weight is 987 g/mol. The Bertz CT molecular complexity index is 2360. The fraction of sp³-hybridized carbons (Fsp3) is 0.804. The number of β-amino-alcohol motifs (C(OH)–C–C–N with tert-alkyl or cyclic N) is 2. The molecular weight excluding hydrogens is 909 g/mol. The van der Waals surface area contributed by atoms with Gasteiger partial charge in [-0.1, -0.05) is 79.2 Å². The number of nitrogens with zero attached hydrogens (tertiary/aromatic N) is 9. The lowest BCUT2D eigenvalue weighted by Gasteiger charge is -2.35. The van der Waals surface area contributed by atoms with E-state index in [0.717, 1.165) is 44.2 Å². The molecule has 71 heavy (non-hydrogen) atoms. The Morgan fingerprint density at radius 1 is 0.746 bits per heavy atom. The highest BCUT2D eigenvalue weighted by atomic mass is 16.3. The molecule has 3 saturated carbocycles. The van der Waals surface area contributed by atoms with E-state index in [2.05, 4.69) is 36.6 Å². The number of carbonyl (C=O) groups excluding carboxylic acids is 6. The van der Waals surface area contributed by atoms with Crippen LogP contribution >= 0.6 is 0 Å². The molecule has 9 rings (SSSR count). The Balaban J connectivity index is 0.781. The number of hydrogen-bond acceptors (Lipinski definition) is 13. The third kappa shape index (κ3) is 10.8. The van der Waals surface area contributed by atoms with E-state index in [1.807, 2.05) is 73.4 Å². The molecule has 5 unspecified atom stereocenters. The molecule has 4 saturated heterocycles. The number of hydrogen-bond donors (Lipinski definition) is 5. The van der Waals surface area contributed by atoms with Gasteiger partial charge in [0.1, 0.15) is 24.2 Å². The maximum atomic E-state index is 14.5. The second-order valence-corrected chi connectivity index (χ2v) is 25.5. The van der Waals surface area contributed by atoms with E-state index in [0.29, 0.717) is 43.5 Å². The zero-order valence-corrected chi connectivity index (χ0v) is 43.2. The second kappa shape index (κ2) is 19.2. The largest absolute Gasteiger partial charge is 0.391 e. The molecule has 2 aromatic heterocycles. The first-order valence-electron chi connectivity index (χ1n) is 26.3. The molecule has 0 spiro atoms. The molecule has 6 heterocycles. The van der Waals surface area contributed by atoms with Crippen LogP contribution in [-0.2, 0) is 28.8 Å². The van der Waals surface area contributed by atoms with Crippen molar-refractivity contribution in [2.24, 2.45) is 34.0 Å². The van der Waals surface area contributed by atoms with Gasteiger partial charge < -0.3 is 40.9 Å². The van der Waals surface area contributed by atoms with Crippen LogP contribution in [0.25, 0.3) is 0 Å². The van der Waals surface area contributed by atoms with E-state index < -0.39 is 59.2 Å². The second-order valence-electron chi connectivity index (χ2n) is 25.5. The number of carbonyl (C=O) groups is 6. The topological polar surface area (TPSA) is 250 Å². The third-order valence-corrected chi connectivity index (χ3v) is 16.7. The summed E-state index contributed by atoms with van der Waals surface area (Å²) in [6.45, 7) is 19.2. The normalized spacial score (nSPS) is 31.9. The first kappa shape index (κ1) is 51.1. The van der Waals surface area contributed by atoms with E-state index in [1.54, 1.807) is 20.5 Å². The Labute approximate surface area is 417 Å². The van der Waals surface area contributed by atoms with Crippen LogP contribution in [0.1, 0.15) is 162 Å². The average Bonchev–Trinajstić information content (AvgIpc) is 3.72. The highest BCUT2D eigenvalue weighted by Crippen LogP contribution is 2.50. The summed E-state index contributed by atoms with van der Waals surface area (Å²) in [5.41, 5.74) is 0.227. The number of rotatable bonds is 14. The zero-order chi connectivity index (χ0) is 51.1. The summed E-state index contributed by atoms with van der Waals surface area (Å²) < 4.78 is 3.20. The molecule has 0 aromatic carbocycles. The molecule has 20 heteroatoms. The first-order valence-corrected chi connectivity index (χ1v) is 26.3. The summed E-state index contributed by atoms with van der Waals surface area (Å²) in [4.78, 5) is 88.2. The number of likely N-dealkylation sites (tertiary alicyclic amines) is 3. The van der Waals surface area contributed by atoms with E-state index in [1.165, 1.54) is 4.90 Å². The molecule has 7 fully saturated rings. The number of aromatic nitrogens is 6. The Kier molecular flexibility index (Phi) is 13.8. The van der Waals surface area contributed by atoms with Crippen LogP contribution in [0.4, 0.5) is 0 Å².